The van der Waals surface area contributed by atoms with Crippen molar-refractivity contribution < 1.29 is 29.0 Å². The van der Waals surface area contributed by atoms with E-state index in [-0.39, 0.29) is 5.78 Å². The average Bonchev–Trinajstić information content (AvgIpc) is 2.52. The molecule has 140 valence electrons. The normalized spacial score (nSPS) is 20.0. The minimum Gasteiger partial charge on any atom is -0.458 e. The first kappa shape index (κ1) is 22.6. The predicted octanol–water partition coefficient (Wildman–Crippen LogP) is 2.65. The van der Waals surface area contributed by atoms with Gasteiger partial charge in [-0.05, 0) is 47.5 Å². The number of ketones is 1. The molecule has 0 radical (unpaired) electrons. The molecule has 5 atom stereocenters. The summed E-state index contributed by atoms with van der Waals surface area (Å²) in [5.74, 6) is -2.55. The second-order valence-corrected chi connectivity index (χ2v) is 6.90. The zero-order valence-corrected chi connectivity index (χ0v) is 16.1. The molecule has 0 saturated carbocycles. The highest BCUT2D eigenvalue weighted by molar-refractivity contribution is 5.81. The van der Waals surface area contributed by atoms with Gasteiger partial charge in [-0.25, -0.2) is 4.79 Å². The van der Waals surface area contributed by atoms with Gasteiger partial charge in [0.1, 0.15) is 23.1 Å². The molecule has 0 aromatic heterocycles. The number of esters is 2. The van der Waals surface area contributed by atoms with Gasteiger partial charge < -0.3 is 14.6 Å². The fraction of sp³-hybridized carbons (Fsp3) is 0.833. The Morgan fingerprint density at radius 1 is 0.875 bits per heavy atom. The van der Waals surface area contributed by atoms with Crippen molar-refractivity contribution in [1.82, 2.24) is 0 Å². The smallest absolute Gasteiger partial charge is 0.335 e. The van der Waals surface area contributed by atoms with E-state index in [1.807, 2.05) is 6.92 Å². The third-order valence-electron chi connectivity index (χ3n) is 5.21. The van der Waals surface area contributed by atoms with E-state index in [0.717, 1.165) is 0 Å². The highest BCUT2D eigenvalue weighted by atomic mass is 16.6. The Hall–Kier alpha value is -1.43. The van der Waals surface area contributed by atoms with Gasteiger partial charge in [0.05, 0.1) is 11.8 Å². The molecule has 0 fully saturated rings. The first-order valence-electron chi connectivity index (χ1n) is 8.48. The number of hydrogen-bond donors (Lipinski definition) is 1. The molecule has 0 amide bonds. The van der Waals surface area contributed by atoms with Crippen LogP contribution in [0.2, 0.25) is 0 Å². The topological polar surface area (TPSA) is 89.9 Å². The molecule has 6 heteroatoms. The Balaban J connectivity index is 5.32. The van der Waals surface area contributed by atoms with Gasteiger partial charge in [0.2, 0.25) is 0 Å². The van der Waals surface area contributed by atoms with E-state index in [1.54, 1.807) is 34.6 Å². The van der Waals surface area contributed by atoms with E-state index in [9.17, 15) is 19.5 Å². The highest BCUT2D eigenvalue weighted by Gasteiger charge is 2.43. The molecule has 0 bridgehead atoms. The lowest BCUT2D eigenvalue weighted by Gasteiger charge is -2.38. The van der Waals surface area contributed by atoms with E-state index < -0.39 is 41.1 Å². The number of aliphatic hydroxyl groups is 1. The molecule has 6 nitrogen and oxygen atoms in total. The summed E-state index contributed by atoms with van der Waals surface area (Å²) in [6, 6.07) is 0. The van der Waals surface area contributed by atoms with Gasteiger partial charge in [-0.15, -0.1) is 0 Å². The summed E-state index contributed by atoms with van der Waals surface area (Å²) >= 11 is 0. The maximum atomic E-state index is 12.6. The van der Waals surface area contributed by atoms with Crippen LogP contribution in [0.4, 0.5) is 0 Å². The molecule has 0 aliphatic carbocycles. The van der Waals surface area contributed by atoms with Crippen LogP contribution < -0.4 is 0 Å². The summed E-state index contributed by atoms with van der Waals surface area (Å²) < 4.78 is 11.0. The molecule has 0 aliphatic rings. The molecular formula is C18H32O6. The SMILES string of the molecule is CCC(C)(OC(=O)C(C)C(C)(CC)OC(=O)C(C)O)C(C)C(C)=O. The van der Waals surface area contributed by atoms with Gasteiger partial charge in [-0.3, -0.25) is 9.59 Å². The fourth-order valence-electron chi connectivity index (χ4n) is 2.25. The summed E-state index contributed by atoms with van der Waals surface area (Å²) in [4.78, 5) is 36.0. The molecule has 0 heterocycles. The van der Waals surface area contributed by atoms with E-state index in [0.29, 0.717) is 12.8 Å². The lowest BCUT2D eigenvalue weighted by atomic mass is 9.84. The summed E-state index contributed by atoms with van der Waals surface area (Å²) in [7, 11) is 0. The van der Waals surface area contributed by atoms with Gasteiger partial charge in [0, 0.05) is 0 Å². The fourth-order valence-corrected chi connectivity index (χ4v) is 2.25. The number of aliphatic hydroxyl groups excluding tert-OH is 1. The number of carbonyl (C=O) groups excluding carboxylic acids is 3. The van der Waals surface area contributed by atoms with Crippen molar-refractivity contribution in [2.75, 3.05) is 0 Å². The third-order valence-corrected chi connectivity index (χ3v) is 5.21. The third kappa shape index (κ3) is 5.30. The van der Waals surface area contributed by atoms with E-state index in [4.69, 9.17) is 9.47 Å². The lowest BCUT2D eigenvalue weighted by Crippen LogP contribution is -2.48. The van der Waals surface area contributed by atoms with Crippen LogP contribution >= 0.6 is 0 Å². The lowest BCUT2D eigenvalue weighted by molar-refractivity contribution is -0.188. The molecule has 0 aromatic carbocycles. The molecule has 0 saturated heterocycles. The summed E-state index contributed by atoms with van der Waals surface area (Å²) in [6.07, 6.45) is -0.396. The Morgan fingerprint density at radius 2 is 1.25 bits per heavy atom. The average molecular weight is 344 g/mol. The second-order valence-electron chi connectivity index (χ2n) is 6.90. The van der Waals surface area contributed by atoms with Crippen LogP contribution in [0.5, 0.6) is 0 Å². The molecule has 24 heavy (non-hydrogen) atoms. The Labute approximate surface area is 144 Å². The first-order valence-corrected chi connectivity index (χ1v) is 8.48. The van der Waals surface area contributed by atoms with Gasteiger partial charge in [0.15, 0.2) is 0 Å². The monoisotopic (exact) mass is 344 g/mol. The second kappa shape index (κ2) is 8.60. The number of carbonyl (C=O) groups is 3. The summed E-state index contributed by atoms with van der Waals surface area (Å²) in [6.45, 7) is 13.1. The quantitative estimate of drug-likeness (QED) is 0.647. The number of ether oxygens (including phenoxy) is 2. The largest absolute Gasteiger partial charge is 0.458 e. The number of Topliss-reactive ketones (excluding diaryl/α,β-unsaturated/α-hetero) is 1. The van der Waals surface area contributed by atoms with E-state index in [2.05, 4.69) is 0 Å². The molecule has 0 rings (SSSR count). The zero-order valence-electron chi connectivity index (χ0n) is 16.1. The Bertz CT molecular complexity index is 472. The molecule has 0 aromatic rings. The van der Waals surface area contributed by atoms with Crippen LogP contribution in [0.15, 0.2) is 0 Å². The van der Waals surface area contributed by atoms with Crippen LogP contribution in [-0.2, 0) is 23.9 Å². The number of rotatable bonds is 9. The van der Waals surface area contributed by atoms with Crippen molar-refractivity contribution in [2.45, 2.75) is 85.5 Å². The first-order chi connectivity index (χ1) is 10.8. The van der Waals surface area contributed by atoms with Crippen molar-refractivity contribution in [2.24, 2.45) is 11.8 Å². The van der Waals surface area contributed by atoms with Gasteiger partial charge in [0.25, 0.3) is 0 Å². The van der Waals surface area contributed by atoms with Crippen LogP contribution in [0.1, 0.15) is 68.2 Å². The molecule has 1 N–H and O–H groups in total. The standard InChI is InChI=1S/C18H32O6/c1-9-17(7,11(3)13(5)19)23-15(21)12(4)18(8,10-2)24-16(22)14(6)20/h11-12,14,20H,9-10H2,1-8H3. The molecule has 0 aliphatic heterocycles. The minimum absolute atomic E-state index is 0.0569. The van der Waals surface area contributed by atoms with Gasteiger partial charge >= 0.3 is 11.9 Å². The molecule has 5 unspecified atom stereocenters. The van der Waals surface area contributed by atoms with Crippen molar-refractivity contribution >= 4 is 17.7 Å². The van der Waals surface area contributed by atoms with Crippen LogP contribution in [0, 0.1) is 11.8 Å². The number of hydrogen-bond acceptors (Lipinski definition) is 6. The molecular weight excluding hydrogens is 312 g/mol. The van der Waals surface area contributed by atoms with Crippen molar-refractivity contribution in [3.8, 4) is 0 Å². The maximum Gasteiger partial charge on any atom is 0.335 e. The van der Waals surface area contributed by atoms with Crippen LogP contribution in [-0.4, -0.2) is 40.1 Å². The Morgan fingerprint density at radius 3 is 1.58 bits per heavy atom. The summed E-state index contributed by atoms with van der Waals surface area (Å²) in [5, 5.41) is 9.33. The molecule has 0 spiro atoms. The Kier molecular flexibility index (Phi) is 8.09. The van der Waals surface area contributed by atoms with Crippen LogP contribution in [0.25, 0.3) is 0 Å². The van der Waals surface area contributed by atoms with Crippen LogP contribution in [0.3, 0.4) is 0 Å². The highest BCUT2D eigenvalue weighted by Crippen LogP contribution is 2.32. The van der Waals surface area contributed by atoms with Crippen molar-refractivity contribution in [1.29, 1.82) is 0 Å². The van der Waals surface area contributed by atoms with Crippen molar-refractivity contribution in [3.63, 3.8) is 0 Å². The van der Waals surface area contributed by atoms with E-state index in [1.165, 1.54) is 13.8 Å². The van der Waals surface area contributed by atoms with Gasteiger partial charge in [-0.2, -0.15) is 0 Å². The summed E-state index contributed by atoms with van der Waals surface area (Å²) in [5.41, 5.74) is -2.01. The zero-order chi connectivity index (χ0) is 19.3. The maximum absolute atomic E-state index is 12.6. The predicted molar refractivity (Wildman–Crippen MR) is 90.3 cm³/mol. The van der Waals surface area contributed by atoms with Gasteiger partial charge in [-0.1, -0.05) is 20.8 Å². The minimum atomic E-state index is -1.27. The van der Waals surface area contributed by atoms with Crippen molar-refractivity contribution in [3.05, 3.63) is 0 Å². The van der Waals surface area contributed by atoms with E-state index >= 15 is 0 Å².